The fourth-order valence-electron chi connectivity index (χ4n) is 7.23. The molecule has 358 valence electrons. The van der Waals surface area contributed by atoms with Crippen molar-refractivity contribution in [3.8, 4) is 0 Å². The Bertz CT molecular complexity index is 1130. The summed E-state index contributed by atoms with van der Waals surface area (Å²) in [4.78, 5) is 37.9. The van der Waals surface area contributed by atoms with Gasteiger partial charge in [-0.1, -0.05) is 210 Å². The molecule has 0 bridgehead atoms. The van der Waals surface area contributed by atoms with Gasteiger partial charge in [-0.25, -0.2) is 0 Å². The number of hydrogen-bond donors (Lipinski definition) is 0. The van der Waals surface area contributed by atoms with Gasteiger partial charge in [0.2, 0.25) is 0 Å². The molecule has 0 rings (SSSR count). The van der Waals surface area contributed by atoms with Gasteiger partial charge in [0.25, 0.3) is 0 Å². The van der Waals surface area contributed by atoms with Crippen LogP contribution in [0.5, 0.6) is 0 Å². The molecule has 0 fully saturated rings. The van der Waals surface area contributed by atoms with Crippen molar-refractivity contribution in [1.82, 2.24) is 0 Å². The molecular weight excluding hydrogens is 769 g/mol. The van der Waals surface area contributed by atoms with E-state index < -0.39 is 6.10 Å². The standard InChI is InChI=1S/C56H98O6/c1-4-7-10-13-16-19-22-24-26-28-29-31-32-34-37-40-43-46-49-55(58)61-52-53(51-60-54(57)48-45-42-39-36-21-18-15-12-9-6-3)62-56(59)50-47-44-41-38-35-33-30-27-25-23-20-17-14-11-8-5-2/h15,18,26-31,33,35,53H,4-14,16-17,19-25,32,34,36-52H2,1-3H3/b18-15-,28-26-,30-27-,31-29-,35-33-. The smallest absolute Gasteiger partial charge is 0.306 e. The van der Waals surface area contributed by atoms with E-state index in [0.717, 1.165) is 109 Å². The van der Waals surface area contributed by atoms with E-state index in [9.17, 15) is 14.4 Å². The number of carbonyl (C=O) groups is 3. The maximum absolute atomic E-state index is 12.8. The number of allylic oxidation sites excluding steroid dienone is 10. The van der Waals surface area contributed by atoms with Gasteiger partial charge in [-0.2, -0.15) is 0 Å². The summed E-state index contributed by atoms with van der Waals surface area (Å²) in [6.07, 6.45) is 62.1. The summed E-state index contributed by atoms with van der Waals surface area (Å²) >= 11 is 0. The molecule has 1 atom stereocenters. The van der Waals surface area contributed by atoms with E-state index in [-0.39, 0.29) is 31.1 Å². The minimum absolute atomic E-state index is 0.0961. The van der Waals surface area contributed by atoms with Gasteiger partial charge in [0, 0.05) is 19.3 Å². The highest BCUT2D eigenvalue weighted by molar-refractivity contribution is 5.71. The van der Waals surface area contributed by atoms with E-state index in [4.69, 9.17) is 14.2 Å². The van der Waals surface area contributed by atoms with Gasteiger partial charge >= 0.3 is 17.9 Å². The van der Waals surface area contributed by atoms with Gasteiger partial charge in [-0.05, 0) is 89.9 Å². The van der Waals surface area contributed by atoms with Crippen LogP contribution in [0.3, 0.4) is 0 Å². The lowest BCUT2D eigenvalue weighted by Gasteiger charge is -2.18. The number of hydrogen-bond acceptors (Lipinski definition) is 6. The molecule has 0 aromatic carbocycles. The van der Waals surface area contributed by atoms with Gasteiger partial charge in [-0.15, -0.1) is 0 Å². The highest BCUT2D eigenvalue weighted by atomic mass is 16.6. The Morgan fingerprint density at radius 2 is 0.597 bits per heavy atom. The van der Waals surface area contributed by atoms with Crippen molar-refractivity contribution in [2.75, 3.05) is 13.2 Å². The summed E-state index contributed by atoms with van der Waals surface area (Å²) in [5.74, 6) is -0.947. The second-order valence-electron chi connectivity index (χ2n) is 17.5. The predicted octanol–water partition coefficient (Wildman–Crippen LogP) is 17.3. The molecule has 0 amide bonds. The molecular formula is C56H98O6. The van der Waals surface area contributed by atoms with Crippen molar-refractivity contribution in [1.29, 1.82) is 0 Å². The molecule has 0 N–H and O–H groups in total. The van der Waals surface area contributed by atoms with Crippen LogP contribution in [0, 0.1) is 0 Å². The summed E-state index contributed by atoms with van der Waals surface area (Å²) in [6.45, 7) is 6.54. The number of rotatable bonds is 47. The lowest BCUT2D eigenvalue weighted by Crippen LogP contribution is -2.30. The topological polar surface area (TPSA) is 78.9 Å². The largest absolute Gasteiger partial charge is 0.462 e. The van der Waals surface area contributed by atoms with E-state index in [1.54, 1.807) is 0 Å². The normalized spacial score (nSPS) is 12.5. The molecule has 0 heterocycles. The maximum atomic E-state index is 12.8. The van der Waals surface area contributed by atoms with Crippen molar-refractivity contribution in [2.45, 2.75) is 264 Å². The SMILES string of the molecule is CCCC/C=C\CCCCCCC(=O)OCC(COC(=O)CCCCCCC/C=C\C=C/CCCCCCCCC)OC(=O)CCCCC/C=C\C=C/CCCCCCCCC. The summed E-state index contributed by atoms with van der Waals surface area (Å²) in [7, 11) is 0. The molecule has 6 nitrogen and oxygen atoms in total. The van der Waals surface area contributed by atoms with E-state index in [1.165, 1.54) is 109 Å². The third-order valence-electron chi connectivity index (χ3n) is 11.3. The highest BCUT2D eigenvalue weighted by Crippen LogP contribution is 2.13. The average Bonchev–Trinajstić information content (AvgIpc) is 3.27. The van der Waals surface area contributed by atoms with Gasteiger partial charge in [0.1, 0.15) is 13.2 Å². The van der Waals surface area contributed by atoms with Crippen LogP contribution in [0.2, 0.25) is 0 Å². The van der Waals surface area contributed by atoms with E-state index in [1.807, 2.05) is 0 Å². The van der Waals surface area contributed by atoms with Gasteiger partial charge < -0.3 is 14.2 Å². The second kappa shape index (κ2) is 50.8. The molecule has 6 heteroatoms. The molecule has 0 aromatic rings. The fraction of sp³-hybridized carbons (Fsp3) is 0.768. The molecule has 62 heavy (non-hydrogen) atoms. The highest BCUT2D eigenvalue weighted by Gasteiger charge is 2.19. The Labute approximate surface area is 383 Å². The summed E-state index contributed by atoms with van der Waals surface area (Å²) < 4.78 is 16.7. The van der Waals surface area contributed by atoms with Crippen LogP contribution in [-0.2, 0) is 28.6 Å². The summed E-state index contributed by atoms with van der Waals surface area (Å²) in [5.41, 5.74) is 0. The first-order valence-corrected chi connectivity index (χ1v) is 26.3. The molecule has 1 unspecified atom stereocenters. The van der Waals surface area contributed by atoms with Crippen LogP contribution in [0.4, 0.5) is 0 Å². The zero-order chi connectivity index (χ0) is 45.1. The van der Waals surface area contributed by atoms with Crippen LogP contribution in [0.1, 0.15) is 258 Å². The zero-order valence-corrected chi connectivity index (χ0v) is 40.9. The quantitative estimate of drug-likeness (QED) is 0.0199. The predicted molar refractivity (Wildman–Crippen MR) is 265 cm³/mol. The Morgan fingerprint density at radius 1 is 0.323 bits per heavy atom. The van der Waals surface area contributed by atoms with Crippen molar-refractivity contribution in [2.24, 2.45) is 0 Å². The van der Waals surface area contributed by atoms with Crippen LogP contribution in [0.25, 0.3) is 0 Å². The van der Waals surface area contributed by atoms with Crippen molar-refractivity contribution < 1.29 is 28.6 Å². The molecule has 0 saturated carbocycles. The minimum Gasteiger partial charge on any atom is -0.462 e. The first kappa shape index (κ1) is 59.1. The molecule has 0 aromatic heterocycles. The van der Waals surface area contributed by atoms with Gasteiger partial charge in [0.15, 0.2) is 6.10 Å². The average molecular weight is 867 g/mol. The first-order valence-electron chi connectivity index (χ1n) is 26.3. The van der Waals surface area contributed by atoms with Crippen LogP contribution in [-0.4, -0.2) is 37.2 Å². The Balaban J connectivity index is 4.41. The van der Waals surface area contributed by atoms with Crippen LogP contribution < -0.4 is 0 Å². The fourth-order valence-corrected chi connectivity index (χ4v) is 7.23. The van der Waals surface area contributed by atoms with Crippen molar-refractivity contribution >= 4 is 17.9 Å². The molecule has 0 aliphatic carbocycles. The number of unbranched alkanes of at least 4 members (excludes halogenated alkanes) is 28. The monoisotopic (exact) mass is 867 g/mol. The van der Waals surface area contributed by atoms with Crippen molar-refractivity contribution in [3.05, 3.63) is 60.8 Å². The lowest BCUT2D eigenvalue weighted by molar-refractivity contribution is -0.167. The third kappa shape index (κ3) is 48.1. The molecule has 0 radical (unpaired) electrons. The van der Waals surface area contributed by atoms with Gasteiger partial charge in [0.05, 0.1) is 0 Å². The van der Waals surface area contributed by atoms with Crippen LogP contribution >= 0.6 is 0 Å². The summed E-state index contributed by atoms with van der Waals surface area (Å²) in [5, 5.41) is 0. The second-order valence-corrected chi connectivity index (χ2v) is 17.5. The third-order valence-corrected chi connectivity index (χ3v) is 11.3. The number of carbonyl (C=O) groups excluding carboxylic acids is 3. The molecule has 0 spiro atoms. The number of ether oxygens (including phenoxy) is 3. The van der Waals surface area contributed by atoms with Gasteiger partial charge in [-0.3, -0.25) is 14.4 Å². The first-order chi connectivity index (χ1) is 30.5. The number of esters is 3. The lowest BCUT2D eigenvalue weighted by atomic mass is 10.1. The van der Waals surface area contributed by atoms with Crippen molar-refractivity contribution in [3.63, 3.8) is 0 Å². The zero-order valence-electron chi connectivity index (χ0n) is 40.9. The Morgan fingerprint density at radius 3 is 0.968 bits per heavy atom. The van der Waals surface area contributed by atoms with E-state index >= 15 is 0 Å². The van der Waals surface area contributed by atoms with Crippen LogP contribution in [0.15, 0.2) is 60.8 Å². The van der Waals surface area contributed by atoms with E-state index in [0.29, 0.717) is 19.3 Å². The minimum atomic E-state index is -0.797. The molecule has 0 aliphatic rings. The summed E-state index contributed by atoms with van der Waals surface area (Å²) in [6, 6.07) is 0. The molecule has 0 saturated heterocycles. The Hall–Kier alpha value is -2.89. The molecule has 0 aliphatic heterocycles. The van der Waals surface area contributed by atoms with E-state index in [2.05, 4.69) is 81.5 Å². The maximum Gasteiger partial charge on any atom is 0.306 e. The Kier molecular flexibility index (Phi) is 48.4.